The van der Waals surface area contributed by atoms with Gasteiger partial charge in [0, 0.05) is 49.3 Å². The third kappa shape index (κ3) is 5.88. The van der Waals surface area contributed by atoms with Crippen LogP contribution in [0.1, 0.15) is 18.4 Å². The largest absolute Gasteiger partial charge is 0.453 e. The van der Waals surface area contributed by atoms with Crippen molar-refractivity contribution in [2.75, 3.05) is 25.0 Å². The number of ether oxygens (including phenoxy) is 2. The molecule has 2 aliphatic rings. The maximum absolute atomic E-state index is 14.8. The first-order valence-corrected chi connectivity index (χ1v) is 13.7. The van der Waals surface area contributed by atoms with Gasteiger partial charge in [0.15, 0.2) is 11.6 Å². The van der Waals surface area contributed by atoms with Crippen LogP contribution in [0.4, 0.5) is 14.9 Å². The lowest BCUT2D eigenvalue weighted by Gasteiger charge is -2.38. The maximum Gasteiger partial charge on any atom is 0.319 e. The van der Waals surface area contributed by atoms with Crippen LogP contribution in [-0.2, 0) is 16.1 Å². The van der Waals surface area contributed by atoms with Crippen LogP contribution >= 0.6 is 11.3 Å². The molecular weight excluding hydrogens is 537 g/mol. The van der Waals surface area contributed by atoms with Gasteiger partial charge < -0.3 is 30.1 Å². The first-order valence-electron chi connectivity index (χ1n) is 12.8. The summed E-state index contributed by atoms with van der Waals surface area (Å²) in [7, 11) is 0. The number of hydrogen-bond donors (Lipinski definition) is 3. The van der Waals surface area contributed by atoms with Gasteiger partial charge in [-0.1, -0.05) is 6.07 Å². The molecule has 12 heteroatoms. The fraction of sp³-hybridized carbons (Fsp3) is 0.286. The molecule has 6 rings (SSSR count). The van der Waals surface area contributed by atoms with Crippen molar-refractivity contribution in [3.05, 3.63) is 66.2 Å². The summed E-state index contributed by atoms with van der Waals surface area (Å²) in [5, 5.41) is 14.3. The van der Waals surface area contributed by atoms with Crippen molar-refractivity contribution in [1.82, 2.24) is 20.2 Å². The van der Waals surface area contributed by atoms with E-state index < -0.39 is 12.4 Å². The number of carbonyl (C=O) groups excluding carboxylic acids is 2. The van der Waals surface area contributed by atoms with Crippen molar-refractivity contribution >= 4 is 39.2 Å². The molecule has 206 valence electrons. The molecule has 0 spiro atoms. The Morgan fingerprint density at radius 1 is 1.10 bits per heavy atom. The molecular formula is C28H26FN5O5S. The number of aliphatic hydroxyl groups is 1. The van der Waals surface area contributed by atoms with Gasteiger partial charge in [-0.3, -0.25) is 14.8 Å². The third-order valence-corrected chi connectivity index (χ3v) is 7.76. The molecule has 1 saturated heterocycles. The summed E-state index contributed by atoms with van der Waals surface area (Å²) in [6.07, 6.45) is 5.23. The van der Waals surface area contributed by atoms with E-state index in [1.54, 1.807) is 29.4 Å². The van der Waals surface area contributed by atoms with E-state index >= 15 is 0 Å². The third-order valence-electron chi connectivity index (χ3n) is 6.60. The molecule has 4 aromatic rings. The minimum absolute atomic E-state index is 0.0355. The Labute approximate surface area is 232 Å². The molecule has 1 saturated carbocycles. The minimum Gasteiger partial charge on any atom is -0.453 e. The average molecular weight is 564 g/mol. The second kappa shape index (κ2) is 11.2. The predicted molar refractivity (Wildman–Crippen MR) is 147 cm³/mol. The number of aromatic nitrogens is 2. The highest BCUT2D eigenvalue weighted by atomic mass is 32.1. The number of urea groups is 1. The van der Waals surface area contributed by atoms with Gasteiger partial charge in [0.1, 0.15) is 12.4 Å². The van der Waals surface area contributed by atoms with Crippen molar-refractivity contribution in [2.24, 2.45) is 0 Å². The fourth-order valence-corrected chi connectivity index (χ4v) is 5.24. The Kier molecular flexibility index (Phi) is 7.29. The first-order chi connectivity index (χ1) is 19.4. The van der Waals surface area contributed by atoms with E-state index in [1.165, 1.54) is 23.5 Å². The second-order valence-electron chi connectivity index (χ2n) is 9.70. The quantitative estimate of drug-likeness (QED) is 0.277. The SMILES string of the molecule is O=C(Nc1ccc(Oc2ccnc3cc(-c4ccc(COC5CN(C(=O)CO)C5)cn4)sc23)c(F)c1)NC1CC1. The normalized spacial score (nSPS) is 15.1. The molecule has 1 aliphatic heterocycles. The highest BCUT2D eigenvalue weighted by Gasteiger charge is 2.30. The van der Waals surface area contributed by atoms with Gasteiger partial charge in [-0.25, -0.2) is 9.18 Å². The molecule has 1 aromatic carbocycles. The average Bonchev–Trinajstić information content (AvgIpc) is 3.63. The number of rotatable bonds is 9. The van der Waals surface area contributed by atoms with Gasteiger partial charge in [0.25, 0.3) is 0 Å². The smallest absolute Gasteiger partial charge is 0.319 e. The van der Waals surface area contributed by atoms with Gasteiger partial charge in [-0.15, -0.1) is 11.3 Å². The van der Waals surface area contributed by atoms with Crippen LogP contribution in [0.3, 0.4) is 0 Å². The number of nitrogens with one attached hydrogen (secondary N) is 2. The molecule has 3 N–H and O–H groups in total. The molecule has 3 aromatic heterocycles. The van der Waals surface area contributed by atoms with Crippen molar-refractivity contribution in [3.8, 4) is 22.1 Å². The van der Waals surface area contributed by atoms with E-state index in [4.69, 9.17) is 14.6 Å². The van der Waals surface area contributed by atoms with E-state index in [1.807, 2.05) is 18.2 Å². The Bertz CT molecular complexity index is 1550. The van der Waals surface area contributed by atoms with E-state index in [-0.39, 0.29) is 29.8 Å². The summed E-state index contributed by atoms with van der Waals surface area (Å²) >= 11 is 1.44. The molecule has 0 atom stereocenters. The van der Waals surface area contributed by atoms with Crippen LogP contribution in [0.25, 0.3) is 20.8 Å². The van der Waals surface area contributed by atoms with Gasteiger partial charge in [0.2, 0.25) is 5.91 Å². The highest BCUT2D eigenvalue weighted by molar-refractivity contribution is 7.22. The number of anilines is 1. The number of pyridine rings is 2. The molecule has 2 fully saturated rings. The van der Waals surface area contributed by atoms with Crippen LogP contribution in [0.5, 0.6) is 11.5 Å². The number of hydrogen-bond acceptors (Lipinski definition) is 8. The number of fused-ring (bicyclic) bond motifs is 1. The van der Waals surface area contributed by atoms with Crippen molar-refractivity contribution < 1.29 is 28.6 Å². The second-order valence-corrected chi connectivity index (χ2v) is 10.7. The summed E-state index contributed by atoms with van der Waals surface area (Å²) in [6, 6.07) is 11.6. The van der Waals surface area contributed by atoms with Crippen LogP contribution < -0.4 is 15.4 Å². The summed E-state index contributed by atoms with van der Waals surface area (Å²) in [6.45, 7) is 0.845. The zero-order valence-electron chi connectivity index (χ0n) is 21.3. The Morgan fingerprint density at radius 2 is 1.95 bits per heavy atom. The minimum atomic E-state index is -0.597. The molecule has 0 radical (unpaired) electrons. The van der Waals surface area contributed by atoms with Gasteiger partial charge in [-0.05, 0) is 42.7 Å². The van der Waals surface area contributed by atoms with Gasteiger partial charge >= 0.3 is 6.03 Å². The Balaban J connectivity index is 1.10. The lowest BCUT2D eigenvalue weighted by molar-refractivity contribution is -0.148. The van der Waals surface area contributed by atoms with Gasteiger partial charge in [-0.2, -0.15) is 0 Å². The van der Waals surface area contributed by atoms with Crippen molar-refractivity contribution in [2.45, 2.75) is 31.6 Å². The molecule has 1 aliphatic carbocycles. The van der Waals surface area contributed by atoms with E-state index in [0.29, 0.717) is 36.6 Å². The summed E-state index contributed by atoms with van der Waals surface area (Å²) < 4.78 is 27.3. The van der Waals surface area contributed by atoms with Crippen LogP contribution in [0, 0.1) is 5.82 Å². The molecule has 0 bridgehead atoms. The van der Waals surface area contributed by atoms with Gasteiger partial charge in [0.05, 0.1) is 33.5 Å². The number of carbonyl (C=O) groups is 2. The summed E-state index contributed by atoms with van der Waals surface area (Å²) in [5.74, 6) is -0.387. The lowest BCUT2D eigenvalue weighted by Crippen LogP contribution is -2.55. The Hall–Kier alpha value is -4.13. The number of nitrogens with zero attached hydrogens (tertiary/aromatic N) is 3. The highest BCUT2D eigenvalue weighted by Crippen LogP contribution is 2.39. The number of likely N-dealkylation sites (tertiary alicyclic amines) is 1. The van der Waals surface area contributed by atoms with Crippen molar-refractivity contribution in [1.29, 1.82) is 0 Å². The van der Waals surface area contributed by atoms with E-state index in [9.17, 15) is 14.0 Å². The van der Waals surface area contributed by atoms with Crippen molar-refractivity contribution in [3.63, 3.8) is 0 Å². The number of aliphatic hydroxyl groups excluding tert-OH is 1. The molecule has 0 unspecified atom stereocenters. The standard InChI is InChI=1S/C28H26FN5O5S/c29-20-9-18(33-28(37)32-17-2-3-17)4-6-23(20)39-24-7-8-30-22-10-25(40-27(22)24)21-5-1-16(11-31-21)15-38-19-12-34(13-19)26(36)14-35/h1,4-11,17,19,35H,2-3,12-15H2,(H2,32,33,37). The maximum atomic E-state index is 14.8. The zero-order chi connectivity index (χ0) is 27.6. The molecule has 3 amide bonds. The van der Waals surface area contributed by atoms with Crippen LogP contribution in [0.15, 0.2) is 54.9 Å². The van der Waals surface area contributed by atoms with E-state index in [0.717, 1.165) is 33.7 Å². The van der Waals surface area contributed by atoms with E-state index in [2.05, 4.69) is 20.6 Å². The Morgan fingerprint density at radius 3 is 2.67 bits per heavy atom. The molecule has 10 nitrogen and oxygen atoms in total. The zero-order valence-corrected chi connectivity index (χ0v) is 22.1. The van der Waals surface area contributed by atoms with Crippen LogP contribution in [-0.4, -0.2) is 63.8 Å². The number of thiophene rings is 1. The number of benzene rings is 1. The molecule has 40 heavy (non-hydrogen) atoms. The fourth-order valence-electron chi connectivity index (χ4n) is 4.20. The first kappa shape index (κ1) is 26.1. The summed E-state index contributed by atoms with van der Waals surface area (Å²) in [5.41, 5.74) is 2.70. The summed E-state index contributed by atoms with van der Waals surface area (Å²) in [4.78, 5) is 34.8. The predicted octanol–water partition coefficient (Wildman–Crippen LogP) is 4.29. The topological polar surface area (TPSA) is 126 Å². The monoisotopic (exact) mass is 563 g/mol. The molecule has 4 heterocycles. The van der Waals surface area contributed by atoms with Crippen LogP contribution in [0.2, 0.25) is 0 Å². The number of halogens is 1. The lowest BCUT2D eigenvalue weighted by atomic mass is 10.1. The number of amides is 3.